The quantitative estimate of drug-likeness (QED) is 0.743. The number of nitrogens with zero attached hydrogens (tertiary/aromatic N) is 1. The van der Waals surface area contributed by atoms with Crippen molar-refractivity contribution in [2.75, 3.05) is 0 Å². The zero-order chi connectivity index (χ0) is 13.9. The summed E-state index contributed by atoms with van der Waals surface area (Å²) < 4.78 is 0. The zero-order valence-corrected chi connectivity index (χ0v) is 12.1. The van der Waals surface area contributed by atoms with Crippen molar-refractivity contribution in [1.82, 2.24) is 4.98 Å². The van der Waals surface area contributed by atoms with Gasteiger partial charge in [0, 0.05) is 11.9 Å². The van der Waals surface area contributed by atoms with Gasteiger partial charge < -0.3 is 0 Å². The van der Waals surface area contributed by atoms with Crippen LogP contribution < -0.4 is 0 Å². The molecule has 19 heavy (non-hydrogen) atoms. The topological polar surface area (TPSA) is 12.9 Å². The van der Waals surface area contributed by atoms with Gasteiger partial charge >= 0.3 is 0 Å². The summed E-state index contributed by atoms with van der Waals surface area (Å²) in [7, 11) is 0. The van der Waals surface area contributed by atoms with E-state index in [4.69, 9.17) is 0 Å². The summed E-state index contributed by atoms with van der Waals surface area (Å²) in [5.74, 6) is 0. The van der Waals surface area contributed by atoms with Crippen molar-refractivity contribution < 1.29 is 0 Å². The van der Waals surface area contributed by atoms with Gasteiger partial charge in [-0.05, 0) is 35.1 Å². The molecule has 0 unspecified atom stereocenters. The van der Waals surface area contributed by atoms with E-state index in [1.165, 1.54) is 11.1 Å². The molecule has 2 rings (SSSR count). The van der Waals surface area contributed by atoms with E-state index < -0.39 is 0 Å². The number of aromatic nitrogens is 1. The maximum Gasteiger partial charge on any atom is 0.0373 e. The zero-order valence-electron chi connectivity index (χ0n) is 12.1. The Morgan fingerprint density at radius 2 is 1.42 bits per heavy atom. The number of hydrogen-bond donors (Lipinski definition) is 0. The first-order valence-electron chi connectivity index (χ1n) is 6.66. The van der Waals surface area contributed by atoms with Gasteiger partial charge in [0.1, 0.15) is 0 Å². The Kier molecular flexibility index (Phi) is 3.84. The fourth-order valence-electron chi connectivity index (χ4n) is 1.86. The molecule has 0 fully saturated rings. The van der Waals surface area contributed by atoms with E-state index in [9.17, 15) is 0 Å². The Bertz CT molecular complexity index is 554. The van der Waals surface area contributed by atoms with Crippen LogP contribution in [0.15, 0.2) is 42.6 Å². The predicted octanol–water partition coefficient (Wildman–Crippen LogP) is 4.86. The lowest BCUT2D eigenvalue weighted by molar-refractivity contribution is 0.590. The summed E-state index contributed by atoms with van der Waals surface area (Å²) in [6.07, 6.45) is 6.12. The third-order valence-corrected chi connectivity index (χ3v) is 3.18. The van der Waals surface area contributed by atoms with E-state index in [-0.39, 0.29) is 5.41 Å². The predicted molar refractivity (Wildman–Crippen MR) is 83.0 cm³/mol. The number of aryl methyl sites for hydroxylation is 1. The van der Waals surface area contributed by atoms with Crippen LogP contribution in [-0.4, -0.2) is 4.98 Å². The number of hydrogen-bond acceptors (Lipinski definition) is 1. The van der Waals surface area contributed by atoms with Gasteiger partial charge in [0.2, 0.25) is 0 Å². The molecule has 2 aromatic rings. The van der Waals surface area contributed by atoms with E-state index in [2.05, 4.69) is 68.2 Å². The van der Waals surface area contributed by atoms with Crippen LogP contribution in [0, 0.1) is 6.92 Å². The lowest BCUT2D eigenvalue weighted by Gasteiger charge is -2.18. The Balaban J connectivity index is 2.13. The van der Waals surface area contributed by atoms with Gasteiger partial charge in [-0.15, -0.1) is 0 Å². The lowest BCUT2D eigenvalue weighted by atomic mass is 9.87. The van der Waals surface area contributed by atoms with E-state index in [1.807, 2.05) is 19.2 Å². The Morgan fingerprint density at radius 3 is 1.95 bits per heavy atom. The average molecular weight is 251 g/mol. The van der Waals surface area contributed by atoms with Crippen LogP contribution in [0.25, 0.3) is 12.2 Å². The first-order valence-corrected chi connectivity index (χ1v) is 6.66. The van der Waals surface area contributed by atoms with E-state index in [0.717, 1.165) is 11.3 Å². The minimum absolute atomic E-state index is 0.211. The summed E-state index contributed by atoms with van der Waals surface area (Å²) in [4.78, 5) is 4.29. The van der Waals surface area contributed by atoms with Crippen molar-refractivity contribution in [3.63, 3.8) is 0 Å². The molecular formula is C18H21N. The molecule has 0 N–H and O–H groups in total. The van der Waals surface area contributed by atoms with Crippen molar-refractivity contribution in [3.8, 4) is 0 Å². The third-order valence-electron chi connectivity index (χ3n) is 3.18. The second-order valence-electron chi connectivity index (χ2n) is 5.94. The van der Waals surface area contributed by atoms with Crippen LogP contribution in [0.1, 0.15) is 43.2 Å². The highest BCUT2D eigenvalue weighted by Gasteiger charge is 2.12. The molecule has 0 saturated heterocycles. The molecule has 0 bridgehead atoms. The van der Waals surface area contributed by atoms with Crippen molar-refractivity contribution in [3.05, 3.63) is 65.0 Å². The Labute approximate surface area is 116 Å². The maximum absolute atomic E-state index is 4.29. The molecule has 0 amide bonds. The number of rotatable bonds is 2. The van der Waals surface area contributed by atoms with Gasteiger partial charge in [-0.3, -0.25) is 4.98 Å². The first-order chi connectivity index (χ1) is 8.95. The van der Waals surface area contributed by atoms with Gasteiger partial charge in [-0.25, -0.2) is 0 Å². The molecular weight excluding hydrogens is 230 g/mol. The summed E-state index contributed by atoms with van der Waals surface area (Å²) in [6.45, 7) is 8.69. The molecule has 1 aromatic carbocycles. The van der Waals surface area contributed by atoms with Gasteiger partial charge in [-0.1, -0.05) is 63.3 Å². The summed E-state index contributed by atoms with van der Waals surface area (Å²) in [6, 6.07) is 12.8. The fourth-order valence-corrected chi connectivity index (χ4v) is 1.86. The first kappa shape index (κ1) is 13.5. The van der Waals surface area contributed by atoms with Crippen molar-refractivity contribution in [2.45, 2.75) is 33.1 Å². The number of pyridine rings is 1. The van der Waals surface area contributed by atoms with Crippen molar-refractivity contribution in [1.29, 1.82) is 0 Å². The van der Waals surface area contributed by atoms with Crippen molar-refractivity contribution >= 4 is 12.2 Å². The maximum atomic E-state index is 4.29. The minimum atomic E-state index is 0.211. The molecule has 0 aliphatic carbocycles. The van der Waals surface area contributed by atoms with Crippen LogP contribution in [0.4, 0.5) is 0 Å². The van der Waals surface area contributed by atoms with E-state index >= 15 is 0 Å². The highest BCUT2D eigenvalue weighted by Crippen LogP contribution is 2.22. The van der Waals surface area contributed by atoms with Crippen LogP contribution in [0.3, 0.4) is 0 Å². The van der Waals surface area contributed by atoms with Crippen LogP contribution >= 0.6 is 0 Å². The third kappa shape index (κ3) is 3.78. The highest BCUT2D eigenvalue weighted by atomic mass is 14.6. The molecule has 1 aromatic heterocycles. The van der Waals surface area contributed by atoms with Gasteiger partial charge in [0.15, 0.2) is 0 Å². The summed E-state index contributed by atoms with van der Waals surface area (Å²) in [5, 5.41) is 0. The van der Waals surface area contributed by atoms with Crippen LogP contribution in [-0.2, 0) is 5.41 Å². The fraction of sp³-hybridized carbons (Fsp3) is 0.278. The van der Waals surface area contributed by atoms with Crippen LogP contribution in [0.5, 0.6) is 0 Å². The largest absolute Gasteiger partial charge is 0.261 e. The smallest absolute Gasteiger partial charge is 0.0373 e. The molecule has 1 heterocycles. The minimum Gasteiger partial charge on any atom is -0.261 e. The highest BCUT2D eigenvalue weighted by molar-refractivity contribution is 5.69. The standard InChI is InChI=1S/C18H21N/c1-14-5-6-16(13-19-14)8-7-15-9-11-17(12-10-15)18(2,3)4/h5-13H,1-4H3/b8-7+. The molecule has 98 valence electrons. The molecule has 1 heteroatoms. The van der Waals surface area contributed by atoms with E-state index in [0.29, 0.717) is 0 Å². The Hall–Kier alpha value is -1.89. The Morgan fingerprint density at radius 1 is 0.842 bits per heavy atom. The molecule has 0 atom stereocenters. The van der Waals surface area contributed by atoms with Crippen LogP contribution in [0.2, 0.25) is 0 Å². The molecule has 0 spiro atoms. The van der Waals surface area contributed by atoms with Crippen molar-refractivity contribution in [2.24, 2.45) is 0 Å². The van der Waals surface area contributed by atoms with Gasteiger partial charge in [-0.2, -0.15) is 0 Å². The molecule has 1 nitrogen and oxygen atoms in total. The molecule has 0 radical (unpaired) electrons. The lowest BCUT2D eigenvalue weighted by Crippen LogP contribution is -2.10. The monoisotopic (exact) mass is 251 g/mol. The normalized spacial score (nSPS) is 12.0. The second kappa shape index (κ2) is 5.40. The number of benzene rings is 1. The average Bonchev–Trinajstić information content (AvgIpc) is 2.37. The summed E-state index contributed by atoms with van der Waals surface area (Å²) >= 11 is 0. The molecule has 0 aliphatic heterocycles. The van der Waals surface area contributed by atoms with E-state index in [1.54, 1.807) is 0 Å². The summed E-state index contributed by atoms with van der Waals surface area (Å²) in [5.41, 5.74) is 4.97. The SMILES string of the molecule is Cc1ccc(/C=C/c2ccc(C(C)(C)C)cc2)cn1. The molecule has 0 saturated carbocycles. The van der Waals surface area contributed by atoms with Gasteiger partial charge in [0.25, 0.3) is 0 Å². The second-order valence-corrected chi connectivity index (χ2v) is 5.94. The van der Waals surface area contributed by atoms with Gasteiger partial charge in [0.05, 0.1) is 0 Å². The molecule has 0 aliphatic rings.